The maximum Gasteiger partial charge on any atom is 0.408 e. The number of ether oxygens (including phenoxy) is 1. The minimum absolute atomic E-state index is 0.371. The number of nitrogens with zero attached hydrogens (tertiary/aromatic N) is 3. The molecule has 4 aromatic rings. The zero-order valence-electron chi connectivity index (χ0n) is 20.1. The number of carbonyl (C=O) groups is 1. The van der Waals surface area contributed by atoms with Gasteiger partial charge in [0.05, 0.1) is 16.9 Å². The summed E-state index contributed by atoms with van der Waals surface area (Å²) in [6.07, 6.45) is 6.42. The van der Waals surface area contributed by atoms with Gasteiger partial charge in [-0.3, -0.25) is 4.40 Å². The van der Waals surface area contributed by atoms with E-state index in [-0.39, 0.29) is 11.6 Å². The normalized spacial score (nSPS) is 15.1. The molecule has 1 N–H and O–H groups in total. The lowest BCUT2D eigenvalue weighted by Crippen LogP contribution is -2.52. The molecule has 174 valence electrons. The SMILES string of the molecule is Cc1cnc2nc(-c3ccc(C4(NC(=O)OC(C)(C)C)CCC4)cc3)c(-c3ccccc3)n2c1. The highest BCUT2D eigenvalue weighted by atomic mass is 16.6. The number of aryl methyl sites for hydroxylation is 1. The van der Waals surface area contributed by atoms with E-state index in [1.807, 2.05) is 52.1 Å². The largest absolute Gasteiger partial charge is 0.444 e. The topological polar surface area (TPSA) is 68.5 Å². The van der Waals surface area contributed by atoms with E-state index < -0.39 is 5.60 Å². The second kappa shape index (κ2) is 8.28. The smallest absolute Gasteiger partial charge is 0.408 e. The van der Waals surface area contributed by atoms with Gasteiger partial charge in [-0.2, -0.15) is 0 Å². The third kappa shape index (κ3) is 4.16. The van der Waals surface area contributed by atoms with Crippen molar-refractivity contribution < 1.29 is 9.53 Å². The first-order chi connectivity index (χ1) is 16.2. The summed E-state index contributed by atoms with van der Waals surface area (Å²) in [7, 11) is 0. The fourth-order valence-electron chi connectivity index (χ4n) is 4.57. The summed E-state index contributed by atoms with van der Waals surface area (Å²) >= 11 is 0. The van der Waals surface area contributed by atoms with E-state index in [4.69, 9.17) is 9.72 Å². The maximum atomic E-state index is 12.5. The van der Waals surface area contributed by atoms with Crippen LogP contribution < -0.4 is 5.32 Å². The average molecular weight is 455 g/mol. The van der Waals surface area contributed by atoms with Crippen LogP contribution in [0.15, 0.2) is 67.0 Å². The van der Waals surface area contributed by atoms with Crippen LogP contribution in [0.4, 0.5) is 4.79 Å². The lowest BCUT2D eigenvalue weighted by molar-refractivity contribution is 0.0377. The number of fused-ring (bicyclic) bond motifs is 1. The first-order valence-electron chi connectivity index (χ1n) is 11.8. The molecule has 0 atom stereocenters. The van der Waals surface area contributed by atoms with Gasteiger partial charge in [0.15, 0.2) is 0 Å². The fraction of sp³-hybridized carbons (Fsp3) is 0.321. The Labute approximate surface area is 200 Å². The lowest BCUT2D eigenvalue weighted by atomic mass is 9.71. The maximum absolute atomic E-state index is 12.5. The Hall–Kier alpha value is -3.67. The molecule has 34 heavy (non-hydrogen) atoms. The van der Waals surface area contributed by atoms with Gasteiger partial charge in [-0.15, -0.1) is 0 Å². The van der Waals surface area contributed by atoms with Crippen molar-refractivity contribution in [3.63, 3.8) is 0 Å². The highest BCUT2D eigenvalue weighted by Gasteiger charge is 2.41. The molecule has 1 aliphatic carbocycles. The number of imidazole rings is 1. The van der Waals surface area contributed by atoms with E-state index in [1.54, 1.807) is 0 Å². The second-order valence-corrected chi connectivity index (χ2v) is 10.1. The van der Waals surface area contributed by atoms with E-state index >= 15 is 0 Å². The zero-order chi connectivity index (χ0) is 23.9. The predicted molar refractivity (Wildman–Crippen MR) is 133 cm³/mol. The van der Waals surface area contributed by atoms with Crippen LogP contribution in [-0.2, 0) is 10.3 Å². The number of hydrogen-bond donors (Lipinski definition) is 1. The predicted octanol–water partition coefficient (Wildman–Crippen LogP) is 6.28. The van der Waals surface area contributed by atoms with Crippen LogP contribution in [0.3, 0.4) is 0 Å². The lowest BCUT2D eigenvalue weighted by Gasteiger charge is -2.43. The van der Waals surface area contributed by atoms with Crippen LogP contribution in [0.5, 0.6) is 0 Å². The monoisotopic (exact) mass is 454 g/mol. The summed E-state index contributed by atoms with van der Waals surface area (Å²) in [4.78, 5) is 21.9. The van der Waals surface area contributed by atoms with Crippen LogP contribution in [-0.4, -0.2) is 26.1 Å². The molecule has 1 amide bonds. The van der Waals surface area contributed by atoms with E-state index in [9.17, 15) is 4.79 Å². The van der Waals surface area contributed by atoms with Gasteiger partial charge in [-0.1, -0.05) is 54.6 Å². The average Bonchev–Trinajstić information content (AvgIpc) is 3.14. The van der Waals surface area contributed by atoms with Gasteiger partial charge >= 0.3 is 6.09 Å². The third-order valence-electron chi connectivity index (χ3n) is 6.31. The highest BCUT2D eigenvalue weighted by Crippen LogP contribution is 2.42. The van der Waals surface area contributed by atoms with Crippen LogP contribution in [0.2, 0.25) is 0 Å². The number of alkyl carbamates (subject to hydrolysis) is 1. The fourth-order valence-corrected chi connectivity index (χ4v) is 4.57. The second-order valence-electron chi connectivity index (χ2n) is 10.1. The number of aromatic nitrogens is 3. The quantitative estimate of drug-likeness (QED) is 0.394. The van der Waals surface area contributed by atoms with Crippen LogP contribution in [0.25, 0.3) is 28.3 Å². The molecule has 2 heterocycles. The van der Waals surface area contributed by atoms with Crippen LogP contribution in [0.1, 0.15) is 51.2 Å². The summed E-state index contributed by atoms with van der Waals surface area (Å²) < 4.78 is 7.58. The highest BCUT2D eigenvalue weighted by molar-refractivity contribution is 5.81. The molecule has 1 fully saturated rings. The van der Waals surface area contributed by atoms with E-state index in [1.165, 1.54) is 0 Å². The van der Waals surface area contributed by atoms with Gasteiger partial charge in [0.2, 0.25) is 5.78 Å². The number of carbonyl (C=O) groups excluding carboxylic acids is 1. The van der Waals surface area contributed by atoms with E-state index in [0.717, 1.165) is 52.9 Å². The van der Waals surface area contributed by atoms with Crippen molar-refractivity contribution in [2.75, 3.05) is 0 Å². The molecule has 0 aliphatic heterocycles. The Morgan fingerprint density at radius 3 is 2.35 bits per heavy atom. The molecule has 6 heteroatoms. The molecule has 0 unspecified atom stereocenters. The minimum atomic E-state index is -0.526. The number of amides is 1. The molecule has 2 aromatic heterocycles. The van der Waals surface area contributed by atoms with Gasteiger partial charge in [0.25, 0.3) is 0 Å². The molecule has 0 spiro atoms. The first-order valence-corrected chi connectivity index (χ1v) is 11.8. The number of benzene rings is 2. The number of nitrogens with one attached hydrogen (secondary N) is 1. The minimum Gasteiger partial charge on any atom is -0.444 e. The molecule has 6 nitrogen and oxygen atoms in total. The molecule has 0 saturated heterocycles. The molecular weight excluding hydrogens is 424 g/mol. The van der Waals surface area contributed by atoms with Gasteiger partial charge in [0.1, 0.15) is 5.60 Å². The van der Waals surface area contributed by atoms with Crippen molar-refractivity contribution in [1.29, 1.82) is 0 Å². The molecule has 5 rings (SSSR count). The Balaban J connectivity index is 1.52. The zero-order valence-corrected chi connectivity index (χ0v) is 20.1. The van der Waals surface area contributed by atoms with Crippen molar-refractivity contribution in [2.24, 2.45) is 0 Å². The molecule has 0 radical (unpaired) electrons. The summed E-state index contributed by atoms with van der Waals surface area (Å²) in [6.45, 7) is 7.67. The van der Waals surface area contributed by atoms with Crippen molar-refractivity contribution >= 4 is 11.9 Å². The van der Waals surface area contributed by atoms with E-state index in [2.05, 4.69) is 57.3 Å². The van der Waals surface area contributed by atoms with Crippen molar-refractivity contribution in [1.82, 2.24) is 19.7 Å². The van der Waals surface area contributed by atoms with Gasteiger partial charge in [-0.25, -0.2) is 14.8 Å². The first kappa shape index (κ1) is 22.1. The summed E-state index contributed by atoms with van der Waals surface area (Å²) in [5.41, 5.74) is 5.27. The van der Waals surface area contributed by atoms with Crippen molar-refractivity contribution in [3.8, 4) is 22.5 Å². The molecule has 0 bridgehead atoms. The Morgan fingerprint density at radius 2 is 1.74 bits per heavy atom. The molecule has 1 saturated carbocycles. The van der Waals surface area contributed by atoms with Gasteiger partial charge in [-0.05, 0) is 58.1 Å². The molecule has 1 aliphatic rings. The van der Waals surface area contributed by atoms with Crippen LogP contribution >= 0.6 is 0 Å². The summed E-state index contributed by atoms with van der Waals surface area (Å²) in [6, 6.07) is 18.7. The third-order valence-corrected chi connectivity index (χ3v) is 6.31. The van der Waals surface area contributed by atoms with Crippen molar-refractivity contribution in [3.05, 3.63) is 78.1 Å². The summed E-state index contributed by atoms with van der Waals surface area (Å²) in [5, 5.41) is 3.14. The Morgan fingerprint density at radius 1 is 1.03 bits per heavy atom. The van der Waals surface area contributed by atoms with Gasteiger partial charge in [0, 0.05) is 23.5 Å². The summed E-state index contributed by atoms with van der Waals surface area (Å²) in [5.74, 6) is 0.672. The number of rotatable bonds is 4. The Kier molecular flexibility index (Phi) is 5.39. The van der Waals surface area contributed by atoms with Crippen molar-refractivity contribution in [2.45, 2.75) is 58.1 Å². The number of hydrogen-bond acceptors (Lipinski definition) is 4. The van der Waals surface area contributed by atoms with Crippen LogP contribution in [0, 0.1) is 6.92 Å². The Bertz CT molecular complexity index is 1330. The molecule has 2 aromatic carbocycles. The van der Waals surface area contributed by atoms with E-state index in [0.29, 0.717) is 5.78 Å². The molecular formula is C28H30N4O2. The standard InChI is InChI=1S/C28H30N4O2/c1-19-17-29-25-30-23(24(32(25)18-19)21-9-6-5-7-10-21)20-11-13-22(14-12-20)28(15-8-16-28)31-26(33)34-27(2,3)4/h5-7,9-14,17-18H,8,15-16H2,1-4H3,(H,31,33). The van der Waals surface area contributed by atoms with Gasteiger partial charge < -0.3 is 10.1 Å².